The third-order valence-corrected chi connectivity index (χ3v) is 6.01. The second-order valence-corrected chi connectivity index (χ2v) is 8.35. The van der Waals surface area contributed by atoms with Crippen LogP contribution in [0.25, 0.3) is 6.08 Å². The van der Waals surface area contributed by atoms with E-state index in [1.54, 1.807) is 18.2 Å². The van der Waals surface area contributed by atoms with E-state index in [0.29, 0.717) is 43.8 Å². The average molecular weight is 482 g/mol. The number of ether oxygens (including phenoxy) is 2. The van der Waals surface area contributed by atoms with E-state index in [9.17, 15) is 14.4 Å². The molecule has 0 atom stereocenters. The van der Waals surface area contributed by atoms with Crippen LogP contribution in [0.2, 0.25) is 0 Å². The van der Waals surface area contributed by atoms with Crippen LogP contribution in [-0.2, 0) is 19.1 Å². The summed E-state index contributed by atoms with van der Waals surface area (Å²) in [7, 11) is 0. The smallest absolute Gasteiger partial charge is 0.329 e. The van der Waals surface area contributed by atoms with Crippen molar-refractivity contribution in [1.29, 1.82) is 0 Å². The Morgan fingerprint density at radius 3 is 2.26 bits per heavy atom. The number of rotatable bonds is 6. The maximum absolute atomic E-state index is 12.7. The quantitative estimate of drug-likeness (QED) is 0.471. The number of hydrogen-bond acceptors (Lipinski definition) is 8. The third-order valence-electron chi connectivity index (χ3n) is 6.01. The molecule has 184 valence electrons. The standard InChI is InChI=1S/C24H27N5O6/c30-21(25-17-1-3-18(4-2-17)27-7-11-33-12-8-27)16-29-23(31)20(26-24(29)32)15-19-5-6-22(35-19)28-9-13-34-14-10-28/h1-6,15H,7-14,16H2,(H,25,30)(H,26,32)/b20-15-. The summed E-state index contributed by atoms with van der Waals surface area (Å²) in [6, 6.07) is 10.3. The molecule has 3 fully saturated rings. The van der Waals surface area contributed by atoms with Crippen LogP contribution >= 0.6 is 0 Å². The van der Waals surface area contributed by atoms with E-state index in [1.807, 2.05) is 23.1 Å². The number of urea groups is 1. The molecule has 0 saturated carbocycles. The van der Waals surface area contributed by atoms with E-state index in [4.69, 9.17) is 13.9 Å². The second-order valence-electron chi connectivity index (χ2n) is 8.35. The van der Waals surface area contributed by atoms with Gasteiger partial charge in [0, 0.05) is 49.7 Å². The van der Waals surface area contributed by atoms with Gasteiger partial charge in [-0.1, -0.05) is 0 Å². The highest BCUT2D eigenvalue weighted by Crippen LogP contribution is 2.23. The number of morpholine rings is 2. The van der Waals surface area contributed by atoms with Crippen LogP contribution in [0.4, 0.5) is 22.1 Å². The number of nitrogens with one attached hydrogen (secondary N) is 2. The van der Waals surface area contributed by atoms with Gasteiger partial charge in [-0.15, -0.1) is 0 Å². The molecule has 3 saturated heterocycles. The minimum Gasteiger partial charge on any atom is -0.441 e. The Hall–Kier alpha value is -3.83. The van der Waals surface area contributed by atoms with Gasteiger partial charge >= 0.3 is 6.03 Å². The fourth-order valence-corrected chi connectivity index (χ4v) is 4.15. The lowest BCUT2D eigenvalue weighted by Gasteiger charge is -2.28. The fraction of sp³-hybridized carbons (Fsp3) is 0.375. The monoisotopic (exact) mass is 481 g/mol. The molecule has 1 aromatic carbocycles. The summed E-state index contributed by atoms with van der Waals surface area (Å²) in [5, 5.41) is 5.25. The Morgan fingerprint density at radius 1 is 0.914 bits per heavy atom. The molecule has 4 heterocycles. The summed E-state index contributed by atoms with van der Waals surface area (Å²) in [5.74, 6) is 0.0493. The van der Waals surface area contributed by atoms with Crippen molar-refractivity contribution in [2.75, 3.05) is 74.3 Å². The molecule has 2 aromatic rings. The van der Waals surface area contributed by atoms with E-state index in [0.717, 1.165) is 36.8 Å². The van der Waals surface area contributed by atoms with Crippen LogP contribution in [0, 0.1) is 0 Å². The molecule has 11 nitrogen and oxygen atoms in total. The third kappa shape index (κ3) is 5.31. The summed E-state index contributed by atoms with van der Waals surface area (Å²) in [6.07, 6.45) is 1.46. The van der Waals surface area contributed by atoms with E-state index in [1.165, 1.54) is 6.08 Å². The molecule has 3 aliphatic rings. The molecule has 35 heavy (non-hydrogen) atoms. The summed E-state index contributed by atoms with van der Waals surface area (Å²) in [5.41, 5.74) is 1.69. The highest BCUT2D eigenvalue weighted by molar-refractivity contribution is 6.15. The molecule has 11 heteroatoms. The van der Waals surface area contributed by atoms with E-state index >= 15 is 0 Å². The fourth-order valence-electron chi connectivity index (χ4n) is 4.15. The van der Waals surface area contributed by atoms with Crippen molar-refractivity contribution < 1.29 is 28.3 Å². The Morgan fingerprint density at radius 2 is 1.57 bits per heavy atom. The number of anilines is 3. The average Bonchev–Trinajstić information content (AvgIpc) is 3.46. The van der Waals surface area contributed by atoms with Crippen molar-refractivity contribution >= 4 is 41.2 Å². The number of benzene rings is 1. The molecule has 2 N–H and O–H groups in total. The van der Waals surface area contributed by atoms with Crippen molar-refractivity contribution in [3.8, 4) is 0 Å². The second kappa shape index (κ2) is 10.2. The first kappa shape index (κ1) is 22.9. The molecule has 5 rings (SSSR count). The van der Waals surface area contributed by atoms with E-state index in [-0.39, 0.29) is 5.70 Å². The van der Waals surface area contributed by atoms with Gasteiger partial charge in [-0.25, -0.2) is 9.69 Å². The molecule has 0 spiro atoms. The Bertz CT molecular complexity index is 1120. The minimum atomic E-state index is -0.654. The molecule has 0 bridgehead atoms. The number of nitrogens with zero attached hydrogens (tertiary/aromatic N) is 3. The van der Waals surface area contributed by atoms with Crippen molar-refractivity contribution in [2.24, 2.45) is 0 Å². The first-order valence-corrected chi connectivity index (χ1v) is 11.6. The molecule has 3 aliphatic heterocycles. The first-order chi connectivity index (χ1) is 17.1. The zero-order chi connectivity index (χ0) is 24.2. The summed E-state index contributed by atoms with van der Waals surface area (Å²) >= 11 is 0. The molecular weight excluding hydrogens is 454 g/mol. The number of carbonyl (C=O) groups is 3. The number of hydrogen-bond donors (Lipinski definition) is 2. The molecule has 0 aliphatic carbocycles. The molecule has 4 amide bonds. The van der Waals surface area contributed by atoms with Crippen LogP contribution in [0.5, 0.6) is 0 Å². The number of carbonyl (C=O) groups excluding carboxylic acids is 3. The highest BCUT2D eigenvalue weighted by atomic mass is 16.5. The van der Waals surface area contributed by atoms with Gasteiger partial charge < -0.3 is 34.3 Å². The summed E-state index contributed by atoms with van der Waals surface area (Å²) in [6.45, 7) is 5.31. The van der Waals surface area contributed by atoms with Gasteiger partial charge in [0.25, 0.3) is 5.91 Å². The zero-order valence-corrected chi connectivity index (χ0v) is 19.2. The SMILES string of the molecule is O=C(CN1C(=O)N/C(=C\c2ccc(N3CCOCC3)o2)C1=O)Nc1ccc(N2CCOCC2)cc1. The Labute approximate surface area is 202 Å². The van der Waals surface area contributed by atoms with Crippen LogP contribution in [0.15, 0.2) is 46.5 Å². The van der Waals surface area contributed by atoms with Gasteiger partial charge in [0.05, 0.1) is 26.4 Å². The molecule has 1 aromatic heterocycles. The maximum Gasteiger partial charge on any atom is 0.329 e. The highest BCUT2D eigenvalue weighted by Gasteiger charge is 2.35. The lowest BCUT2D eigenvalue weighted by molar-refractivity contribution is -0.127. The van der Waals surface area contributed by atoms with Crippen molar-refractivity contribution in [3.63, 3.8) is 0 Å². The van der Waals surface area contributed by atoms with Gasteiger partial charge in [0.15, 0.2) is 5.88 Å². The Balaban J connectivity index is 1.18. The Kier molecular flexibility index (Phi) is 6.68. The van der Waals surface area contributed by atoms with Crippen LogP contribution in [0.3, 0.4) is 0 Å². The van der Waals surface area contributed by atoms with Crippen LogP contribution in [-0.4, -0.2) is 81.9 Å². The topological polar surface area (TPSA) is 117 Å². The van der Waals surface area contributed by atoms with Gasteiger partial charge in [-0.05, 0) is 30.3 Å². The van der Waals surface area contributed by atoms with Gasteiger partial charge in [-0.3, -0.25) is 9.59 Å². The number of imide groups is 1. The molecule has 0 radical (unpaired) electrons. The minimum absolute atomic E-state index is 0.0561. The van der Waals surface area contributed by atoms with E-state index < -0.39 is 24.4 Å². The predicted octanol–water partition coefficient (Wildman–Crippen LogP) is 1.48. The summed E-state index contributed by atoms with van der Waals surface area (Å²) in [4.78, 5) is 42.7. The molecular formula is C24H27N5O6. The maximum atomic E-state index is 12.7. The predicted molar refractivity (Wildman–Crippen MR) is 128 cm³/mol. The van der Waals surface area contributed by atoms with Gasteiger partial charge in [-0.2, -0.15) is 0 Å². The van der Waals surface area contributed by atoms with Crippen LogP contribution < -0.4 is 20.4 Å². The normalized spacial score (nSPS) is 19.9. The zero-order valence-electron chi connectivity index (χ0n) is 19.2. The van der Waals surface area contributed by atoms with Crippen LogP contribution in [0.1, 0.15) is 5.76 Å². The number of furan rings is 1. The summed E-state index contributed by atoms with van der Waals surface area (Å²) < 4.78 is 16.5. The number of amides is 4. The van der Waals surface area contributed by atoms with Gasteiger partial charge in [0.2, 0.25) is 5.91 Å². The van der Waals surface area contributed by atoms with Crippen molar-refractivity contribution in [2.45, 2.75) is 0 Å². The lowest BCUT2D eigenvalue weighted by atomic mass is 10.2. The lowest BCUT2D eigenvalue weighted by Crippen LogP contribution is -2.38. The van der Waals surface area contributed by atoms with Crippen molar-refractivity contribution in [1.82, 2.24) is 10.2 Å². The van der Waals surface area contributed by atoms with Crippen molar-refractivity contribution in [3.05, 3.63) is 47.9 Å². The van der Waals surface area contributed by atoms with Gasteiger partial charge in [0.1, 0.15) is 18.0 Å². The molecule has 0 unspecified atom stereocenters. The largest absolute Gasteiger partial charge is 0.441 e. The van der Waals surface area contributed by atoms with E-state index in [2.05, 4.69) is 15.5 Å². The first-order valence-electron chi connectivity index (χ1n) is 11.6.